The van der Waals surface area contributed by atoms with Crippen LogP contribution in [0.25, 0.3) is 18.2 Å². The minimum atomic E-state index is -0.914. The SMILES string of the molecule is C=CC1/C(=C/c2[nH]c(/C=c3\[nH]/c(=C\C4=NC(=O)C(C)=C4C)c(C)c3CCC(=O)O)c(CCC(=O)O)c2C)N=C(OC)[C@H]1C. The Bertz CT molecular complexity index is 1760. The molecular weight excluding hydrogens is 548 g/mol. The van der Waals surface area contributed by atoms with Gasteiger partial charge in [0.15, 0.2) is 5.90 Å². The summed E-state index contributed by atoms with van der Waals surface area (Å²) in [7, 11) is 1.59. The van der Waals surface area contributed by atoms with E-state index in [0.717, 1.165) is 44.6 Å². The second-order valence-electron chi connectivity index (χ2n) is 11.0. The van der Waals surface area contributed by atoms with Crippen LogP contribution in [0.3, 0.4) is 0 Å². The Balaban J connectivity index is 1.91. The van der Waals surface area contributed by atoms with E-state index in [1.54, 1.807) is 14.0 Å². The molecule has 0 radical (unpaired) electrons. The van der Waals surface area contributed by atoms with Gasteiger partial charge in [0, 0.05) is 52.3 Å². The van der Waals surface area contributed by atoms with E-state index >= 15 is 0 Å². The molecule has 10 heteroatoms. The van der Waals surface area contributed by atoms with Crippen LogP contribution in [0.4, 0.5) is 0 Å². The van der Waals surface area contributed by atoms with E-state index in [2.05, 4.69) is 26.5 Å². The lowest BCUT2D eigenvalue weighted by Crippen LogP contribution is -2.14. The number of allylic oxidation sites excluding steroid dienone is 2. The van der Waals surface area contributed by atoms with E-state index in [9.17, 15) is 24.6 Å². The summed E-state index contributed by atoms with van der Waals surface area (Å²) in [5.74, 6) is -1.46. The molecule has 0 aliphatic carbocycles. The summed E-state index contributed by atoms with van der Waals surface area (Å²) < 4.78 is 5.46. The number of carboxylic acids is 2. The standard InChI is InChI=1S/C33H38N4O6/c1-8-21-20(6)33(43-7)37-27(21)14-26-19(5)23(10-12-31(40)41)29(35-26)15-28-22(9-11-30(38)39)18(4)25(34-28)13-24-16(2)17(3)32(42)36-24/h8,13-15,20-21,34-35H,1,9-12H2,2-7H3,(H,38,39)(H,40,41)/b25-13-,27-14-,28-15-/t20-,21?/m0/s1. The number of hydrogen-bond donors (Lipinski definition) is 4. The number of amides is 1. The number of rotatable bonds is 10. The number of nitrogens with one attached hydrogen (secondary N) is 2. The lowest BCUT2D eigenvalue weighted by atomic mass is 9.93. The molecule has 2 aliphatic heterocycles. The molecule has 43 heavy (non-hydrogen) atoms. The highest BCUT2D eigenvalue weighted by Crippen LogP contribution is 2.34. The number of carbonyl (C=O) groups is 3. The molecule has 1 unspecified atom stereocenters. The second-order valence-corrected chi connectivity index (χ2v) is 11.0. The number of hydrogen-bond acceptors (Lipinski definition) is 5. The Labute approximate surface area is 250 Å². The number of nitrogens with zero attached hydrogens (tertiary/aromatic N) is 2. The van der Waals surface area contributed by atoms with Crippen LogP contribution in [0, 0.1) is 25.7 Å². The first-order valence-electron chi connectivity index (χ1n) is 14.2. The molecule has 0 saturated heterocycles. The molecule has 2 aromatic rings. The van der Waals surface area contributed by atoms with Crippen LogP contribution in [0.2, 0.25) is 0 Å². The molecule has 4 heterocycles. The Kier molecular flexibility index (Phi) is 9.18. The molecule has 0 fully saturated rings. The zero-order valence-corrected chi connectivity index (χ0v) is 25.4. The van der Waals surface area contributed by atoms with Crippen molar-refractivity contribution in [3.63, 3.8) is 0 Å². The van der Waals surface area contributed by atoms with E-state index in [-0.39, 0.29) is 37.0 Å². The third kappa shape index (κ3) is 6.38. The number of H-pyrrole nitrogens is 2. The average molecular weight is 587 g/mol. The summed E-state index contributed by atoms with van der Waals surface area (Å²) in [5, 5.41) is 20.3. The molecule has 2 aromatic heterocycles. The van der Waals surface area contributed by atoms with Gasteiger partial charge in [0.1, 0.15) is 0 Å². The number of methoxy groups -OCH3 is 1. The molecule has 0 saturated carbocycles. The average Bonchev–Trinajstić information content (AvgIpc) is 3.60. The van der Waals surface area contributed by atoms with Gasteiger partial charge in [-0.15, -0.1) is 6.58 Å². The summed E-state index contributed by atoms with van der Waals surface area (Å²) in [5.41, 5.74) is 7.66. The van der Waals surface area contributed by atoms with Crippen molar-refractivity contribution >= 4 is 47.7 Å². The van der Waals surface area contributed by atoms with Gasteiger partial charge in [-0.3, -0.25) is 14.4 Å². The fourth-order valence-electron chi connectivity index (χ4n) is 5.60. The van der Waals surface area contributed by atoms with E-state index in [0.29, 0.717) is 34.6 Å². The Morgan fingerprint density at radius 2 is 1.53 bits per heavy atom. The predicted molar refractivity (Wildman–Crippen MR) is 166 cm³/mol. The molecule has 2 aliphatic rings. The smallest absolute Gasteiger partial charge is 0.303 e. The lowest BCUT2D eigenvalue weighted by Gasteiger charge is -2.11. The topological polar surface area (TPSA) is 157 Å². The Hall–Kier alpha value is -4.73. The van der Waals surface area contributed by atoms with E-state index in [1.165, 1.54) is 0 Å². The van der Waals surface area contributed by atoms with Gasteiger partial charge in [0.05, 0.1) is 18.5 Å². The summed E-state index contributed by atoms with van der Waals surface area (Å²) in [6.07, 6.45) is 7.96. The first-order valence-corrected chi connectivity index (χ1v) is 14.2. The highest BCUT2D eigenvalue weighted by atomic mass is 16.5. The fraction of sp³-hybridized carbons (Fsp3) is 0.364. The van der Waals surface area contributed by atoms with Crippen LogP contribution < -0.4 is 10.7 Å². The zero-order chi connectivity index (χ0) is 31.6. The highest BCUT2D eigenvalue weighted by Gasteiger charge is 2.31. The van der Waals surface area contributed by atoms with Crippen molar-refractivity contribution < 1.29 is 29.3 Å². The van der Waals surface area contributed by atoms with Gasteiger partial charge >= 0.3 is 11.9 Å². The predicted octanol–water partition coefficient (Wildman–Crippen LogP) is 3.76. The third-order valence-electron chi connectivity index (χ3n) is 8.40. The Morgan fingerprint density at radius 3 is 2.09 bits per heavy atom. The molecular formula is C33H38N4O6. The van der Waals surface area contributed by atoms with E-state index in [4.69, 9.17) is 4.74 Å². The van der Waals surface area contributed by atoms with Crippen molar-refractivity contribution in [2.75, 3.05) is 7.11 Å². The number of ether oxygens (including phenoxy) is 1. The van der Waals surface area contributed by atoms with Crippen LogP contribution in [0.1, 0.15) is 67.3 Å². The molecule has 0 spiro atoms. The maximum atomic E-state index is 12.1. The van der Waals surface area contributed by atoms with Crippen LogP contribution in [0.15, 0.2) is 39.5 Å². The summed E-state index contributed by atoms with van der Waals surface area (Å²) in [6, 6.07) is 0. The monoisotopic (exact) mass is 586 g/mol. The molecule has 10 nitrogen and oxygen atoms in total. The van der Waals surface area contributed by atoms with Crippen molar-refractivity contribution in [1.82, 2.24) is 9.97 Å². The van der Waals surface area contributed by atoms with Crippen LogP contribution in [-0.2, 0) is 32.0 Å². The van der Waals surface area contributed by atoms with Gasteiger partial charge < -0.3 is 24.9 Å². The third-order valence-corrected chi connectivity index (χ3v) is 8.40. The molecule has 4 N–H and O–H groups in total. The van der Waals surface area contributed by atoms with Crippen LogP contribution in [0.5, 0.6) is 0 Å². The fourth-order valence-corrected chi connectivity index (χ4v) is 5.60. The lowest BCUT2D eigenvalue weighted by molar-refractivity contribution is -0.138. The van der Waals surface area contributed by atoms with Crippen molar-refractivity contribution in [1.29, 1.82) is 0 Å². The van der Waals surface area contributed by atoms with E-state index in [1.807, 2.05) is 52.0 Å². The van der Waals surface area contributed by atoms with Gasteiger partial charge in [0.2, 0.25) is 0 Å². The first kappa shape index (κ1) is 31.2. The molecule has 0 aromatic carbocycles. The zero-order valence-electron chi connectivity index (χ0n) is 25.4. The summed E-state index contributed by atoms with van der Waals surface area (Å²) in [6.45, 7) is 13.4. The molecule has 226 valence electrons. The number of carbonyl (C=O) groups excluding carboxylic acids is 1. The molecule has 0 bridgehead atoms. The second kappa shape index (κ2) is 12.6. The number of carboxylic acid groups (broad SMARTS) is 2. The van der Waals surface area contributed by atoms with Gasteiger partial charge in [-0.25, -0.2) is 9.98 Å². The number of aromatic amines is 2. The normalized spacial score (nSPS) is 20.3. The summed E-state index contributed by atoms with van der Waals surface area (Å²) >= 11 is 0. The van der Waals surface area contributed by atoms with Gasteiger partial charge in [0.25, 0.3) is 5.91 Å². The van der Waals surface area contributed by atoms with Crippen molar-refractivity contribution in [2.24, 2.45) is 21.8 Å². The first-order chi connectivity index (χ1) is 20.4. The quantitative estimate of drug-likeness (QED) is 0.311. The van der Waals surface area contributed by atoms with Gasteiger partial charge in [-0.2, -0.15) is 0 Å². The maximum Gasteiger partial charge on any atom is 0.303 e. The summed E-state index contributed by atoms with van der Waals surface area (Å²) in [4.78, 5) is 50.9. The van der Waals surface area contributed by atoms with Crippen LogP contribution >= 0.6 is 0 Å². The molecule has 2 atom stereocenters. The minimum Gasteiger partial charge on any atom is -0.484 e. The number of aliphatic imine (C=N–C) groups is 2. The maximum absolute atomic E-state index is 12.1. The van der Waals surface area contributed by atoms with Gasteiger partial charge in [-0.1, -0.05) is 13.0 Å². The number of aromatic nitrogens is 2. The van der Waals surface area contributed by atoms with Crippen molar-refractivity contribution in [3.05, 3.63) is 73.8 Å². The minimum absolute atomic E-state index is 0.0363. The number of aliphatic carboxylic acids is 2. The molecule has 4 rings (SSSR count). The van der Waals surface area contributed by atoms with Crippen molar-refractivity contribution in [3.8, 4) is 0 Å². The van der Waals surface area contributed by atoms with Gasteiger partial charge in [-0.05, 0) is 86.6 Å². The highest BCUT2D eigenvalue weighted by molar-refractivity contribution is 6.30. The van der Waals surface area contributed by atoms with Crippen molar-refractivity contribution in [2.45, 2.75) is 60.3 Å². The Morgan fingerprint density at radius 1 is 0.884 bits per heavy atom. The molecule has 1 amide bonds. The van der Waals surface area contributed by atoms with E-state index < -0.39 is 11.9 Å². The van der Waals surface area contributed by atoms with Crippen LogP contribution in [-0.4, -0.2) is 56.7 Å². The largest absolute Gasteiger partial charge is 0.484 e.